The van der Waals surface area contributed by atoms with E-state index in [0.29, 0.717) is 11.9 Å². The van der Waals surface area contributed by atoms with Gasteiger partial charge in [0, 0.05) is 17.8 Å². The molecule has 0 fully saturated rings. The average molecular weight is 370 g/mol. The Hall–Kier alpha value is -3.35. The smallest absolute Gasteiger partial charge is 0.418 e. The summed E-state index contributed by atoms with van der Waals surface area (Å²) in [6, 6.07) is 6.91. The van der Waals surface area contributed by atoms with Crippen molar-refractivity contribution in [2.24, 2.45) is 0 Å². The number of para-hydroxylation sites is 1. The van der Waals surface area contributed by atoms with Gasteiger partial charge in [0.1, 0.15) is 0 Å². The first-order valence-electron chi connectivity index (χ1n) is 8.27. The highest BCUT2D eigenvalue weighted by atomic mass is 16.5. The van der Waals surface area contributed by atoms with Crippen molar-refractivity contribution >= 4 is 28.9 Å². The number of allylic oxidation sites excluding steroid dienone is 1. The first kappa shape index (κ1) is 20.0. The van der Waals surface area contributed by atoms with Crippen LogP contribution in [0.25, 0.3) is 10.9 Å². The van der Waals surface area contributed by atoms with E-state index in [2.05, 4.69) is 6.58 Å². The molecule has 0 spiro atoms. The Morgan fingerprint density at radius 2 is 1.93 bits per heavy atom. The summed E-state index contributed by atoms with van der Waals surface area (Å²) in [5.74, 6) is -0.200. The summed E-state index contributed by atoms with van der Waals surface area (Å²) in [6.07, 6.45) is 5.17. The van der Waals surface area contributed by atoms with E-state index in [1.807, 2.05) is 24.3 Å². The number of carbonyl (C=O) groups excluding carboxylic acids is 3. The Kier molecular flexibility index (Phi) is 6.54. The predicted octanol–water partition coefficient (Wildman–Crippen LogP) is 3.52. The van der Waals surface area contributed by atoms with Gasteiger partial charge in [0.25, 0.3) is 0 Å². The van der Waals surface area contributed by atoms with Crippen LogP contribution < -0.4 is 0 Å². The van der Waals surface area contributed by atoms with Crippen LogP contribution in [0.3, 0.4) is 0 Å². The quantitative estimate of drug-likeness (QED) is 0.574. The van der Waals surface area contributed by atoms with Gasteiger partial charge in [0.2, 0.25) is 0 Å². The highest BCUT2D eigenvalue weighted by Gasteiger charge is 2.23. The lowest BCUT2D eigenvalue weighted by atomic mass is 10.0. The molecular weight excluding hydrogens is 348 g/mol. The van der Waals surface area contributed by atoms with Crippen LogP contribution in [0.1, 0.15) is 12.5 Å². The van der Waals surface area contributed by atoms with Crippen LogP contribution in [0.2, 0.25) is 0 Å². The number of nitrogens with zero attached hydrogens (tertiary/aromatic N) is 2. The molecule has 1 aromatic carbocycles. The molecule has 1 heterocycles. The van der Waals surface area contributed by atoms with Gasteiger partial charge in [-0.15, -0.1) is 6.58 Å². The Labute approximate surface area is 157 Å². The molecule has 0 aliphatic rings. The fourth-order valence-electron chi connectivity index (χ4n) is 2.78. The molecule has 0 bridgehead atoms. The second kappa shape index (κ2) is 8.84. The molecule has 27 heavy (non-hydrogen) atoms. The summed E-state index contributed by atoms with van der Waals surface area (Å²) in [5, 5.41) is 0.857. The number of amides is 1. The van der Waals surface area contributed by atoms with Crippen LogP contribution in [-0.4, -0.2) is 47.7 Å². The lowest BCUT2D eigenvalue weighted by Crippen LogP contribution is -2.36. The Morgan fingerprint density at radius 3 is 2.52 bits per heavy atom. The number of fused-ring (bicyclic) bond motifs is 1. The van der Waals surface area contributed by atoms with Crippen molar-refractivity contribution < 1.29 is 23.9 Å². The molecule has 0 unspecified atom stereocenters. The lowest BCUT2D eigenvalue weighted by molar-refractivity contribution is -0.112. The number of hydrogen-bond acceptors (Lipinski definition) is 5. The summed E-state index contributed by atoms with van der Waals surface area (Å²) in [7, 11) is 2.58. The monoisotopic (exact) mass is 370 g/mol. The van der Waals surface area contributed by atoms with E-state index >= 15 is 0 Å². The summed E-state index contributed by atoms with van der Waals surface area (Å²) in [6.45, 7) is 5.18. The van der Waals surface area contributed by atoms with Crippen LogP contribution >= 0.6 is 0 Å². The molecule has 1 atom stereocenters. The summed E-state index contributed by atoms with van der Waals surface area (Å²) in [5.41, 5.74) is 1.53. The highest BCUT2D eigenvalue weighted by molar-refractivity contribution is 5.92. The fraction of sp³-hybridized carbons (Fsp3) is 0.250. The largest absolute Gasteiger partial charge is 0.452 e. The van der Waals surface area contributed by atoms with Crippen molar-refractivity contribution in [1.29, 1.82) is 0 Å². The standard InChI is InChI=1S/C20H22N2O5/c1-5-16(21(19(24)26-3)11-10-14(2)23)12-15-13-22(20(25)27-4)18-9-7-6-8-17(15)18/h5-11,13,16H,1,12H2,2-4H3/b11-10+/t16-/m1/s1. The average Bonchev–Trinajstić information content (AvgIpc) is 3.04. The van der Waals surface area contributed by atoms with E-state index in [9.17, 15) is 14.4 Å². The molecule has 1 aromatic heterocycles. The number of hydrogen-bond donors (Lipinski definition) is 0. The summed E-state index contributed by atoms with van der Waals surface area (Å²) in [4.78, 5) is 36.8. The molecular formula is C20H22N2O5. The highest BCUT2D eigenvalue weighted by Crippen LogP contribution is 2.24. The van der Waals surface area contributed by atoms with Gasteiger partial charge < -0.3 is 9.47 Å². The van der Waals surface area contributed by atoms with Crippen LogP contribution in [-0.2, 0) is 20.7 Å². The third-order valence-corrected chi connectivity index (χ3v) is 4.08. The van der Waals surface area contributed by atoms with Gasteiger partial charge in [-0.2, -0.15) is 0 Å². The van der Waals surface area contributed by atoms with Gasteiger partial charge in [0.15, 0.2) is 5.78 Å². The minimum atomic E-state index is -0.617. The minimum Gasteiger partial charge on any atom is -0.452 e. The molecule has 0 aliphatic heterocycles. The van der Waals surface area contributed by atoms with Crippen LogP contribution in [0.4, 0.5) is 9.59 Å². The van der Waals surface area contributed by atoms with Crippen molar-refractivity contribution in [1.82, 2.24) is 9.47 Å². The maximum atomic E-state index is 12.2. The molecule has 2 aromatic rings. The van der Waals surface area contributed by atoms with Crippen molar-refractivity contribution in [3.63, 3.8) is 0 Å². The van der Waals surface area contributed by atoms with E-state index in [1.54, 1.807) is 12.3 Å². The minimum absolute atomic E-state index is 0.200. The third kappa shape index (κ3) is 4.44. The van der Waals surface area contributed by atoms with Crippen LogP contribution in [0.5, 0.6) is 0 Å². The van der Waals surface area contributed by atoms with Gasteiger partial charge in [-0.3, -0.25) is 14.3 Å². The topological polar surface area (TPSA) is 77.8 Å². The second-order valence-corrected chi connectivity index (χ2v) is 5.82. The Balaban J connectivity index is 2.45. The maximum absolute atomic E-state index is 12.2. The second-order valence-electron chi connectivity index (χ2n) is 5.82. The zero-order chi connectivity index (χ0) is 20.0. The fourth-order valence-corrected chi connectivity index (χ4v) is 2.78. The third-order valence-electron chi connectivity index (χ3n) is 4.08. The number of rotatable bonds is 6. The molecule has 0 saturated heterocycles. The van der Waals surface area contributed by atoms with Gasteiger partial charge in [-0.1, -0.05) is 24.3 Å². The lowest BCUT2D eigenvalue weighted by Gasteiger charge is -2.25. The SMILES string of the molecule is C=C[C@H](Cc1cn(C(=O)OC)c2ccccc12)N(/C=C/C(C)=O)C(=O)OC. The van der Waals surface area contributed by atoms with E-state index in [1.165, 1.54) is 42.9 Å². The van der Waals surface area contributed by atoms with Crippen LogP contribution in [0, 0.1) is 0 Å². The molecule has 0 radical (unpaired) electrons. The van der Waals surface area contributed by atoms with Gasteiger partial charge in [0.05, 0.1) is 25.8 Å². The molecule has 0 N–H and O–H groups in total. The first-order valence-corrected chi connectivity index (χ1v) is 8.27. The Bertz CT molecular complexity index is 897. The number of carbonyl (C=O) groups is 3. The number of methoxy groups -OCH3 is 2. The van der Waals surface area contributed by atoms with Gasteiger partial charge in [-0.25, -0.2) is 9.59 Å². The summed E-state index contributed by atoms with van der Waals surface area (Å²) < 4.78 is 11.1. The van der Waals surface area contributed by atoms with E-state index in [0.717, 1.165) is 10.9 Å². The maximum Gasteiger partial charge on any atom is 0.418 e. The van der Waals surface area contributed by atoms with Crippen molar-refractivity contribution in [2.75, 3.05) is 14.2 Å². The normalized spacial score (nSPS) is 12.0. The van der Waals surface area contributed by atoms with E-state index < -0.39 is 18.2 Å². The van der Waals surface area contributed by atoms with Crippen molar-refractivity contribution in [3.8, 4) is 0 Å². The van der Waals surface area contributed by atoms with Crippen molar-refractivity contribution in [2.45, 2.75) is 19.4 Å². The molecule has 2 rings (SSSR count). The number of ketones is 1. The molecule has 0 aliphatic carbocycles. The zero-order valence-corrected chi connectivity index (χ0v) is 15.5. The van der Waals surface area contributed by atoms with E-state index in [4.69, 9.17) is 9.47 Å². The van der Waals surface area contributed by atoms with Gasteiger partial charge >= 0.3 is 12.2 Å². The Morgan fingerprint density at radius 1 is 1.22 bits per heavy atom. The zero-order valence-electron chi connectivity index (χ0n) is 15.5. The predicted molar refractivity (Wildman–Crippen MR) is 101 cm³/mol. The number of aromatic nitrogens is 1. The van der Waals surface area contributed by atoms with Crippen molar-refractivity contribution in [3.05, 3.63) is 61.0 Å². The van der Waals surface area contributed by atoms with Gasteiger partial charge in [-0.05, 0) is 31.1 Å². The van der Waals surface area contributed by atoms with Crippen LogP contribution in [0.15, 0.2) is 55.4 Å². The molecule has 7 heteroatoms. The molecule has 142 valence electrons. The molecule has 0 saturated carbocycles. The number of benzene rings is 1. The first-order chi connectivity index (χ1) is 12.9. The molecule has 1 amide bonds. The number of ether oxygens (including phenoxy) is 2. The summed E-state index contributed by atoms with van der Waals surface area (Å²) >= 11 is 0. The molecule has 7 nitrogen and oxygen atoms in total. The van der Waals surface area contributed by atoms with E-state index in [-0.39, 0.29) is 5.78 Å².